The molecule has 2 rings (SSSR count). The largest absolute Gasteiger partial charge is 0.324 e. The Hall–Kier alpha value is -0.820. The molecular formula is C14H21N. The summed E-state index contributed by atoms with van der Waals surface area (Å²) in [4.78, 5) is 0. The Balaban J connectivity index is 2.44. The van der Waals surface area contributed by atoms with E-state index >= 15 is 0 Å². The number of rotatable bonds is 3. The van der Waals surface area contributed by atoms with Crippen molar-refractivity contribution in [1.82, 2.24) is 0 Å². The van der Waals surface area contributed by atoms with Gasteiger partial charge in [0.2, 0.25) is 0 Å². The maximum Gasteiger partial charge on any atom is 0.0248 e. The normalized spacial score (nSPS) is 18.9. The van der Waals surface area contributed by atoms with E-state index in [0.29, 0.717) is 0 Å². The molecule has 1 aromatic carbocycles. The molecule has 2 N–H and O–H groups in total. The maximum absolute atomic E-state index is 6.38. The van der Waals surface area contributed by atoms with Gasteiger partial charge in [0.25, 0.3) is 0 Å². The van der Waals surface area contributed by atoms with Crippen LogP contribution in [0.15, 0.2) is 24.3 Å². The summed E-state index contributed by atoms with van der Waals surface area (Å²) in [5.74, 6) is 0. The molecule has 0 aliphatic heterocycles. The van der Waals surface area contributed by atoms with Crippen molar-refractivity contribution in [2.45, 2.75) is 51.0 Å². The van der Waals surface area contributed by atoms with Crippen molar-refractivity contribution < 1.29 is 0 Å². The van der Waals surface area contributed by atoms with Crippen LogP contribution in [-0.4, -0.2) is 5.54 Å². The minimum atomic E-state index is 0.0400. The molecule has 0 bridgehead atoms. The lowest BCUT2D eigenvalue weighted by Crippen LogP contribution is -2.43. The van der Waals surface area contributed by atoms with Crippen LogP contribution in [0.5, 0.6) is 0 Å². The van der Waals surface area contributed by atoms with Crippen molar-refractivity contribution in [1.29, 1.82) is 0 Å². The summed E-state index contributed by atoms with van der Waals surface area (Å²) < 4.78 is 0. The lowest BCUT2D eigenvalue weighted by Gasteiger charge is -2.34. The monoisotopic (exact) mass is 203 g/mol. The summed E-state index contributed by atoms with van der Waals surface area (Å²) in [7, 11) is 0. The Kier molecular flexibility index (Phi) is 2.38. The molecule has 15 heavy (non-hydrogen) atoms. The average Bonchev–Trinajstić information content (AvgIpc) is 2.98. The minimum absolute atomic E-state index is 0.0400. The van der Waals surface area contributed by atoms with E-state index in [1.54, 1.807) is 0 Å². The van der Waals surface area contributed by atoms with Crippen molar-refractivity contribution >= 4 is 0 Å². The van der Waals surface area contributed by atoms with E-state index in [2.05, 4.69) is 45.0 Å². The van der Waals surface area contributed by atoms with E-state index in [1.165, 1.54) is 11.1 Å². The number of hydrogen-bond acceptors (Lipinski definition) is 1. The van der Waals surface area contributed by atoms with Gasteiger partial charge in [-0.05, 0) is 30.4 Å². The Morgan fingerprint density at radius 1 is 1.27 bits per heavy atom. The topological polar surface area (TPSA) is 26.0 Å². The first-order chi connectivity index (χ1) is 7.01. The van der Waals surface area contributed by atoms with Crippen LogP contribution in [0.25, 0.3) is 0 Å². The third kappa shape index (κ3) is 1.59. The smallest absolute Gasteiger partial charge is 0.0248 e. The van der Waals surface area contributed by atoms with Crippen LogP contribution in [0.3, 0.4) is 0 Å². The zero-order chi connectivity index (χ0) is 11.1. The lowest BCUT2D eigenvalue weighted by atomic mass is 9.74. The Labute approximate surface area is 92.7 Å². The first kappa shape index (κ1) is 10.7. The summed E-state index contributed by atoms with van der Waals surface area (Å²) in [5.41, 5.74) is 9.41. The van der Waals surface area contributed by atoms with Gasteiger partial charge in [-0.25, -0.2) is 0 Å². The van der Waals surface area contributed by atoms with Crippen molar-refractivity contribution in [3.05, 3.63) is 35.4 Å². The van der Waals surface area contributed by atoms with Gasteiger partial charge in [-0.1, -0.05) is 45.0 Å². The highest BCUT2D eigenvalue weighted by molar-refractivity contribution is 5.38. The molecule has 1 aliphatic carbocycles. The highest BCUT2D eigenvalue weighted by Gasteiger charge is 2.52. The molecule has 82 valence electrons. The molecule has 0 atom stereocenters. The summed E-state index contributed by atoms with van der Waals surface area (Å²) in [6.45, 7) is 6.79. The number of benzene rings is 1. The van der Waals surface area contributed by atoms with Gasteiger partial charge < -0.3 is 5.73 Å². The van der Waals surface area contributed by atoms with Gasteiger partial charge in [0.05, 0.1) is 0 Å². The third-order valence-electron chi connectivity index (χ3n) is 4.11. The summed E-state index contributed by atoms with van der Waals surface area (Å²) in [5, 5.41) is 0. The standard InChI is InChI=1S/C14H21N/c1-4-11-7-5-6-8-12(11)13(2,3)14(15)9-10-14/h5-8H,4,9-10,15H2,1-3H3. The second kappa shape index (κ2) is 3.34. The van der Waals surface area contributed by atoms with Crippen LogP contribution in [0.4, 0.5) is 0 Å². The molecule has 0 spiro atoms. The minimum Gasteiger partial charge on any atom is -0.324 e. The van der Waals surface area contributed by atoms with Gasteiger partial charge in [0, 0.05) is 11.0 Å². The van der Waals surface area contributed by atoms with Crippen LogP contribution < -0.4 is 5.73 Å². The van der Waals surface area contributed by atoms with Crippen LogP contribution in [-0.2, 0) is 11.8 Å². The molecule has 1 fully saturated rings. The van der Waals surface area contributed by atoms with Crippen LogP contribution >= 0.6 is 0 Å². The van der Waals surface area contributed by atoms with Crippen LogP contribution in [0.1, 0.15) is 44.7 Å². The van der Waals surface area contributed by atoms with Crippen molar-refractivity contribution in [2.24, 2.45) is 5.73 Å². The van der Waals surface area contributed by atoms with Gasteiger partial charge in [0.15, 0.2) is 0 Å². The quantitative estimate of drug-likeness (QED) is 0.803. The summed E-state index contributed by atoms with van der Waals surface area (Å²) in [6, 6.07) is 8.71. The molecule has 0 amide bonds. The van der Waals surface area contributed by atoms with Crippen molar-refractivity contribution in [3.63, 3.8) is 0 Å². The highest BCUT2D eigenvalue weighted by atomic mass is 14.9. The third-order valence-corrected chi connectivity index (χ3v) is 4.11. The van der Waals surface area contributed by atoms with Crippen molar-refractivity contribution in [3.8, 4) is 0 Å². The molecule has 0 radical (unpaired) electrons. The maximum atomic E-state index is 6.38. The SMILES string of the molecule is CCc1ccccc1C(C)(C)C1(N)CC1. The molecule has 0 saturated heterocycles. The number of nitrogens with two attached hydrogens (primary N) is 1. The zero-order valence-electron chi connectivity index (χ0n) is 10.0. The molecule has 0 unspecified atom stereocenters. The van der Waals surface area contributed by atoms with E-state index < -0.39 is 0 Å². The van der Waals surface area contributed by atoms with Gasteiger partial charge in [0.1, 0.15) is 0 Å². The lowest BCUT2D eigenvalue weighted by molar-refractivity contribution is 0.388. The number of hydrogen-bond donors (Lipinski definition) is 1. The predicted octanol–water partition coefficient (Wildman–Crippen LogP) is 3.02. The van der Waals surface area contributed by atoms with E-state index in [4.69, 9.17) is 5.73 Å². The predicted molar refractivity (Wildman–Crippen MR) is 65.0 cm³/mol. The molecule has 1 saturated carbocycles. The van der Waals surface area contributed by atoms with Crippen molar-refractivity contribution in [2.75, 3.05) is 0 Å². The van der Waals surface area contributed by atoms with E-state index in [1.807, 2.05) is 0 Å². The second-order valence-electron chi connectivity index (χ2n) is 5.29. The van der Waals surface area contributed by atoms with Crippen LogP contribution in [0, 0.1) is 0 Å². The van der Waals surface area contributed by atoms with Gasteiger partial charge in [-0.3, -0.25) is 0 Å². The molecule has 1 aromatic rings. The molecule has 0 aromatic heterocycles. The van der Waals surface area contributed by atoms with Crippen LogP contribution in [0.2, 0.25) is 0 Å². The molecule has 1 heteroatoms. The second-order valence-corrected chi connectivity index (χ2v) is 5.29. The molecular weight excluding hydrogens is 182 g/mol. The van der Waals surface area contributed by atoms with Gasteiger partial charge >= 0.3 is 0 Å². The Bertz CT molecular complexity index is 361. The van der Waals surface area contributed by atoms with E-state index in [-0.39, 0.29) is 11.0 Å². The zero-order valence-corrected chi connectivity index (χ0v) is 10.0. The first-order valence-corrected chi connectivity index (χ1v) is 5.88. The average molecular weight is 203 g/mol. The fourth-order valence-corrected chi connectivity index (χ4v) is 2.47. The summed E-state index contributed by atoms with van der Waals surface area (Å²) >= 11 is 0. The Morgan fingerprint density at radius 2 is 1.87 bits per heavy atom. The van der Waals surface area contributed by atoms with E-state index in [0.717, 1.165) is 19.3 Å². The fourth-order valence-electron chi connectivity index (χ4n) is 2.47. The van der Waals surface area contributed by atoms with Gasteiger partial charge in [-0.2, -0.15) is 0 Å². The molecule has 1 nitrogen and oxygen atoms in total. The molecule has 1 aliphatic rings. The fraction of sp³-hybridized carbons (Fsp3) is 0.571. The molecule has 0 heterocycles. The Morgan fingerprint density at radius 3 is 2.40 bits per heavy atom. The van der Waals surface area contributed by atoms with E-state index in [9.17, 15) is 0 Å². The van der Waals surface area contributed by atoms with Gasteiger partial charge in [-0.15, -0.1) is 0 Å². The highest BCUT2D eigenvalue weighted by Crippen LogP contribution is 2.49. The summed E-state index contributed by atoms with van der Waals surface area (Å²) in [6.07, 6.45) is 3.42. The first-order valence-electron chi connectivity index (χ1n) is 5.88. The number of aryl methyl sites for hydroxylation is 1.